The molecule has 1 heterocycles. The van der Waals surface area contributed by atoms with Crippen LogP contribution in [0.5, 0.6) is 0 Å². The van der Waals surface area contributed by atoms with Crippen molar-refractivity contribution in [1.82, 2.24) is 4.90 Å². The summed E-state index contributed by atoms with van der Waals surface area (Å²) in [5.41, 5.74) is 0.464. The molecule has 0 spiro atoms. The Kier molecular flexibility index (Phi) is 3.34. The number of nitrogens with zero attached hydrogens (tertiary/aromatic N) is 1. The summed E-state index contributed by atoms with van der Waals surface area (Å²) in [5, 5.41) is 0. The van der Waals surface area contributed by atoms with Crippen LogP contribution in [0.15, 0.2) is 0 Å². The van der Waals surface area contributed by atoms with Crippen LogP contribution < -0.4 is 0 Å². The summed E-state index contributed by atoms with van der Waals surface area (Å²) >= 11 is 2.12. The Bertz CT molecular complexity index is 175. The molecule has 1 fully saturated rings. The van der Waals surface area contributed by atoms with Gasteiger partial charge < -0.3 is 4.90 Å². The Hall–Kier alpha value is 0.310. The van der Waals surface area contributed by atoms with Gasteiger partial charge >= 0.3 is 0 Å². The highest BCUT2D eigenvalue weighted by atomic mass is 32.2. The maximum absolute atomic E-state index is 2.46. The summed E-state index contributed by atoms with van der Waals surface area (Å²) in [6, 6.07) is 0. The second-order valence-electron chi connectivity index (χ2n) is 5.69. The van der Waals surface area contributed by atoms with Crippen molar-refractivity contribution >= 4 is 11.8 Å². The molecule has 1 aliphatic rings. The molecule has 1 nitrogen and oxygen atoms in total. The Labute approximate surface area is 87.3 Å². The van der Waals surface area contributed by atoms with E-state index in [0.717, 1.165) is 0 Å². The first kappa shape index (κ1) is 11.4. The molecule has 78 valence electrons. The third-order valence-electron chi connectivity index (χ3n) is 2.57. The molecule has 0 unspecified atom stereocenters. The summed E-state index contributed by atoms with van der Waals surface area (Å²) < 4.78 is 0.463. The van der Waals surface area contributed by atoms with E-state index in [9.17, 15) is 0 Å². The van der Waals surface area contributed by atoms with Gasteiger partial charge in [-0.15, -0.1) is 0 Å². The van der Waals surface area contributed by atoms with Gasteiger partial charge in [-0.25, -0.2) is 0 Å². The van der Waals surface area contributed by atoms with E-state index in [-0.39, 0.29) is 0 Å². The quantitative estimate of drug-likeness (QED) is 0.593. The highest BCUT2D eigenvalue weighted by Crippen LogP contribution is 2.38. The average Bonchev–Trinajstić information content (AvgIpc) is 1.78. The molecular weight excluding hydrogens is 178 g/mol. The molecule has 0 saturated carbocycles. The third-order valence-corrected chi connectivity index (χ3v) is 3.88. The van der Waals surface area contributed by atoms with Crippen LogP contribution in [-0.4, -0.2) is 35.5 Å². The van der Waals surface area contributed by atoms with Crippen LogP contribution in [0.1, 0.15) is 34.1 Å². The zero-order valence-corrected chi connectivity index (χ0v) is 10.5. The minimum absolute atomic E-state index is 0.463. The van der Waals surface area contributed by atoms with Crippen molar-refractivity contribution in [1.29, 1.82) is 0 Å². The Morgan fingerprint density at radius 2 is 1.77 bits per heavy atom. The van der Waals surface area contributed by atoms with Crippen molar-refractivity contribution in [3.63, 3.8) is 0 Å². The summed E-state index contributed by atoms with van der Waals surface area (Å²) in [6.07, 6.45) is 1.31. The van der Waals surface area contributed by atoms with Crippen LogP contribution in [0.2, 0.25) is 0 Å². The molecule has 1 saturated heterocycles. The molecule has 0 amide bonds. The maximum atomic E-state index is 2.46. The van der Waals surface area contributed by atoms with Gasteiger partial charge in [-0.1, -0.05) is 27.7 Å². The van der Waals surface area contributed by atoms with Crippen LogP contribution >= 0.6 is 11.8 Å². The monoisotopic (exact) mass is 201 g/mol. The standard InChI is InChI=1S/C11H23NS/c1-10(2)8-11(3,4)13-7-6-12(5)9-10/h6-9H2,1-5H3. The topological polar surface area (TPSA) is 3.24 Å². The van der Waals surface area contributed by atoms with Gasteiger partial charge in [-0.2, -0.15) is 11.8 Å². The van der Waals surface area contributed by atoms with Gasteiger partial charge in [0.25, 0.3) is 0 Å². The van der Waals surface area contributed by atoms with Gasteiger partial charge in [0.05, 0.1) is 0 Å². The fraction of sp³-hybridized carbons (Fsp3) is 1.00. The van der Waals surface area contributed by atoms with E-state index in [0.29, 0.717) is 10.2 Å². The van der Waals surface area contributed by atoms with Crippen LogP contribution in [0.25, 0.3) is 0 Å². The lowest BCUT2D eigenvalue weighted by Gasteiger charge is -2.40. The molecule has 0 aromatic carbocycles. The van der Waals surface area contributed by atoms with Gasteiger partial charge in [-0.05, 0) is 18.9 Å². The molecule has 0 aromatic heterocycles. The van der Waals surface area contributed by atoms with E-state index < -0.39 is 0 Å². The van der Waals surface area contributed by atoms with Crippen molar-refractivity contribution in [2.45, 2.75) is 38.9 Å². The number of rotatable bonds is 0. The minimum Gasteiger partial charge on any atom is -0.305 e. The number of hydrogen-bond donors (Lipinski definition) is 0. The zero-order valence-electron chi connectivity index (χ0n) is 9.68. The van der Waals surface area contributed by atoms with Crippen LogP contribution in [-0.2, 0) is 0 Å². The molecule has 0 bridgehead atoms. The van der Waals surface area contributed by atoms with Gasteiger partial charge in [-0.3, -0.25) is 0 Å². The van der Waals surface area contributed by atoms with E-state index >= 15 is 0 Å². The molecule has 13 heavy (non-hydrogen) atoms. The normalized spacial score (nSPS) is 29.3. The molecule has 2 heteroatoms. The van der Waals surface area contributed by atoms with E-state index in [1.807, 2.05) is 0 Å². The van der Waals surface area contributed by atoms with E-state index in [1.165, 1.54) is 25.3 Å². The van der Waals surface area contributed by atoms with Gasteiger partial charge in [0.2, 0.25) is 0 Å². The highest BCUT2D eigenvalue weighted by Gasteiger charge is 2.31. The van der Waals surface area contributed by atoms with Gasteiger partial charge in [0, 0.05) is 23.6 Å². The van der Waals surface area contributed by atoms with Crippen molar-refractivity contribution < 1.29 is 0 Å². The molecule has 0 aromatic rings. The van der Waals surface area contributed by atoms with Gasteiger partial charge in [0.1, 0.15) is 0 Å². The van der Waals surface area contributed by atoms with Crippen LogP contribution in [0.3, 0.4) is 0 Å². The summed E-state index contributed by atoms with van der Waals surface area (Å²) in [4.78, 5) is 2.46. The first-order valence-electron chi connectivity index (χ1n) is 5.13. The average molecular weight is 201 g/mol. The van der Waals surface area contributed by atoms with Crippen LogP contribution in [0, 0.1) is 5.41 Å². The molecule has 0 radical (unpaired) electrons. The molecule has 0 N–H and O–H groups in total. The number of hydrogen-bond acceptors (Lipinski definition) is 2. The zero-order chi connectivity index (χ0) is 10.1. The second kappa shape index (κ2) is 3.82. The third kappa shape index (κ3) is 3.90. The van der Waals surface area contributed by atoms with Crippen LogP contribution in [0.4, 0.5) is 0 Å². The lowest BCUT2D eigenvalue weighted by Crippen LogP contribution is -2.40. The van der Waals surface area contributed by atoms with E-state index in [4.69, 9.17) is 0 Å². The first-order valence-corrected chi connectivity index (χ1v) is 6.12. The van der Waals surface area contributed by atoms with Gasteiger partial charge in [0.15, 0.2) is 0 Å². The van der Waals surface area contributed by atoms with Crippen molar-refractivity contribution in [3.8, 4) is 0 Å². The smallest absolute Gasteiger partial charge is 0.0109 e. The van der Waals surface area contributed by atoms with Crippen molar-refractivity contribution in [2.75, 3.05) is 25.9 Å². The molecular formula is C11H23NS. The number of thioether (sulfide) groups is 1. The van der Waals surface area contributed by atoms with E-state index in [2.05, 4.69) is 51.4 Å². The first-order chi connectivity index (χ1) is 5.81. The molecule has 1 rings (SSSR count). The predicted octanol–water partition coefficient (Wildman–Crippen LogP) is 2.86. The molecule has 0 atom stereocenters. The Morgan fingerprint density at radius 1 is 1.15 bits per heavy atom. The summed E-state index contributed by atoms with van der Waals surface area (Å²) in [6.45, 7) is 12.0. The molecule has 1 aliphatic heterocycles. The summed E-state index contributed by atoms with van der Waals surface area (Å²) in [7, 11) is 2.24. The molecule has 0 aliphatic carbocycles. The highest BCUT2D eigenvalue weighted by molar-refractivity contribution is 8.00. The van der Waals surface area contributed by atoms with Crippen molar-refractivity contribution in [2.24, 2.45) is 5.41 Å². The largest absolute Gasteiger partial charge is 0.305 e. The maximum Gasteiger partial charge on any atom is 0.0109 e. The fourth-order valence-corrected chi connectivity index (χ4v) is 4.00. The Balaban J connectivity index is 2.65. The fourth-order valence-electron chi connectivity index (χ4n) is 2.55. The van der Waals surface area contributed by atoms with E-state index in [1.54, 1.807) is 0 Å². The lowest BCUT2D eigenvalue weighted by atomic mass is 9.83. The second-order valence-corrected chi connectivity index (χ2v) is 7.49. The minimum atomic E-state index is 0.463. The SMILES string of the molecule is CN1CCSC(C)(C)CC(C)(C)C1. The Morgan fingerprint density at radius 3 is 2.38 bits per heavy atom. The van der Waals surface area contributed by atoms with Crippen molar-refractivity contribution in [3.05, 3.63) is 0 Å². The summed E-state index contributed by atoms with van der Waals surface area (Å²) in [5.74, 6) is 1.28. The lowest BCUT2D eigenvalue weighted by molar-refractivity contribution is 0.189. The predicted molar refractivity (Wildman–Crippen MR) is 62.4 cm³/mol.